The van der Waals surface area contributed by atoms with E-state index < -0.39 is 0 Å². The van der Waals surface area contributed by atoms with Crippen molar-refractivity contribution in [1.29, 1.82) is 0 Å². The van der Waals surface area contributed by atoms with E-state index in [9.17, 15) is 4.79 Å². The first kappa shape index (κ1) is 18.7. The minimum atomic E-state index is -0.162. The van der Waals surface area contributed by atoms with Gasteiger partial charge in [0.25, 0.3) is 5.91 Å². The Labute approximate surface area is 159 Å². The van der Waals surface area contributed by atoms with Crippen molar-refractivity contribution in [3.63, 3.8) is 0 Å². The van der Waals surface area contributed by atoms with Crippen LogP contribution in [0.1, 0.15) is 30.0 Å². The largest absolute Gasteiger partial charge is 0.497 e. The Hall–Kier alpha value is -3.08. The Kier molecular flexibility index (Phi) is 5.91. The average molecular weight is 364 g/mol. The molecule has 0 bridgehead atoms. The number of aryl methyl sites for hydroxylation is 2. The van der Waals surface area contributed by atoms with Gasteiger partial charge in [-0.2, -0.15) is 0 Å². The summed E-state index contributed by atoms with van der Waals surface area (Å²) < 4.78 is 10.6. The van der Waals surface area contributed by atoms with Crippen LogP contribution in [0.3, 0.4) is 0 Å². The van der Waals surface area contributed by atoms with Gasteiger partial charge in [-0.1, -0.05) is 25.1 Å². The quantitative estimate of drug-likeness (QED) is 0.761. The number of benzene rings is 2. The maximum atomic E-state index is 12.2. The van der Waals surface area contributed by atoms with Crippen LogP contribution in [0.5, 0.6) is 11.5 Å². The summed E-state index contributed by atoms with van der Waals surface area (Å²) >= 11 is 0. The zero-order valence-corrected chi connectivity index (χ0v) is 15.9. The number of methoxy groups -OCH3 is 2. The van der Waals surface area contributed by atoms with Crippen LogP contribution in [-0.4, -0.2) is 26.0 Å². The molecule has 27 heavy (non-hydrogen) atoms. The molecule has 1 heterocycles. The normalized spacial score (nSPS) is 14.9. The van der Waals surface area contributed by atoms with Gasteiger partial charge in [0.15, 0.2) is 0 Å². The number of nitrogens with zero attached hydrogens (tertiary/aromatic N) is 1. The zero-order chi connectivity index (χ0) is 19.2. The highest BCUT2D eigenvalue weighted by Gasteiger charge is 2.19. The minimum absolute atomic E-state index is 0.162. The number of rotatable bonds is 7. The van der Waals surface area contributed by atoms with Crippen molar-refractivity contribution in [1.82, 2.24) is 5.32 Å². The fourth-order valence-electron chi connectivity index (χ4n) is 3.05. The fraction of sp³-hybridized carbons (Fsp3) is 0.273. The van der Waals surface area contributed by atoms with Crippen molar-refractivity contribution in [2.45, 2.75) is 26.2 Å². The van der Waals surface area contributed by atoms with Gasteiger partial charge >= 0.3 is 0 Å². The third-order valence-corrected chi connectivity index (χ3v) is 4.52. The lowest BCUT2D eigenvalue weighted by Crippen LogP contribution is -2.24. The molecule has 5 heteroatoms. The van der Waals surface area contributed by atoms with Crippen molar-refractivity contribution >= 4 is 17.8 Å². The average Bonchev–Trinajstić information content (AvgIpc) is 3.05. The molecule has 3 rings (SSSR count). The Bertz CT molecular complexity index is 900. The lowest BCUT2D eigenvalue weighted by molar-refractivity contribution is -0.115. The highest BCUT2D eigenvalue weighted by molar-refractivity contribution is 6.14. The van der Waals surface area contributed by atoms with Gasteiger partial charge in [-0.25, -0.2) is 4.99 Å². The van der Waals surface area contributed by atoms with Gasteiger partial charge in [0, 0.05) is 6.42 Å². The number of amidine groups is 1. The smallest absolute Gasteiger partial charge is 0.275 e. The summed E-state index contributed by atoms with van der Waals surface area (Å²) in [7, 11) is 3.32. The predicted molar refractivity (Wildman–Crippen MR) is 107 cm³/mol. The summed E-state index contributed by atoms with van der Waals surface area (Å²) in [6.07, 6.45) is 4.12. The number of ether oxygens (including phenoxy) is 2. The van der Waals surface area contributed by atoms with E-state index in [0.717, 1.165) is 41.0 Å². The van der Waals surface area contributed by atoms with Gasteiger partial charge in [-0.05, 0) is 59.9 Å². The standard InChI is InChI=1S/C22H24N2O3/c1-4-17-12-16(8-10-20(17)27-3)14-19-22(25)24-21(23-19)11-9-15-6-5-7-18(13-15)26-2/h5-8,10,12-14H,4,9,11H2,1-3H3,(H,23,24,25)/b19-14+. The Morgan fingerprint density at radius 2 is 1.93 bits per heavy atom. The maximum absolute atomic E-state index is 12.2. The van der Waals surface area contributed by atoms with Crippen LogP contribution in [0, 0.1) is 0 Å². The Morgan fingerprint density at radius 1 is 1.07 bits per heavy atom. The SMILES string of the molecule is CCc1cc(/C=C2/N=C(CCc3cccc(OC)c3)NC2=O)ccc1OC. The van der Waals surface area contributed by atoms with E-state index >= 15 is 0 Å². The number of hydrogen-bond acceptors (Lipinski definition) is 4. The second-order valence-corrected chi connectivity index (χ2v) is 6.32. The Morgan fingerprint density at radius 3 is 2.67 bits per heavy atom. The van der Waals surface area contributed by atoms with Crippen LogP contribution in [0.25, 0.3) is 6.08 Å². The number of carbonyl (C=O) groups is 1. The number of nitrogens with one attached hydrogen (secondary N) is 1. The molecule has 0 unspecified atom stereocenters. The lowest BCUT2D eigenvalue weighted by Gasteiger charge is -2.07. The van der Waals surface area contributed by atoms with E-state index in [1.54, 1.807) is 14.2 Å². The van der Waals surface area contributed by atoms with Crippen LogP contribution in [-0.2, 0) is 17.6 Å². The van der Waals surface area contributed by atoms with Crippen LogP contribution in [0.2, 0.25) is 0 Å². The van der Waals surface area contributed by atoms with Crippen molar-refractivity contribution in [2.24, 2.45) is 4.99 Å². The molecule has 0 spiro atoms. The van der Waals surface area contributed by atoms with Crippen molar-refractivity contribution in [3.05, 3.63) is 64.9 Å². The molecule has 5 nitrogen and oxygen atoms in total. The zero-order valence-electron chi connectivity index (χ0n) is 15.9. The highest BCUT2D eigenvalue weighted by atomic mass is 16.5. The van der Waals surface area contributed by atoms with E-state index in [1.165, 1.54) is 0 Å². The summed E-state index contributed by atoms with van der Waals surface area (Å²) in [5, 5.41) is 2.86. The van der Waals surface area contributed by atoms with Gasteiger partial charge < -0.3 is 14.8 Å². The van der Waals surface area contributed by atoms with E-state index in [0.29, 0.717) is 18.0 Å². The summed E-state index contributed by atoms with van der Waals surface area (Å²) in [4.78, 5) is 16.7. The monoisotopic (exact) mass is 364 g/mol. The molecule has 0 aliphatic carbocycles. The molecule has 2 aromatic rings. The molecular weight excluding hydrogens is 340 g/mol. The number of aliphatic imine (C=N–C) groups is 1. The third-order valence-electron chi connectivity index (χ3n) is 4.52. The predicted octanol–water partition coefficient (Wildman–Crippen LogP) is 3.77. The molecule has 1 aliphatic rings. The fourth-order valence-corrected chi connectivity index (χ4v) is 3.05. The summed E-state index contributed by atoms with van der Waals surface area (Å²) in [5.74, 6) is 2.22. The van der Waals surface area contributed by atoms with Crippen LogP contribution >= 0.6 is 0 Å². The molecule has 0 saturated heterocycles. The molecule has 1 aliphatic heterocycles. The van der Waals surface area contributed by atoms with Crippen molar-refractivity contribution in [2.75, 3.05) is 14.2 Å². The summed E-state index contributed by atoms with van der Waals surface area (Å²) in [6.45, 7) is 2.08. The molecule has 140 valence electrons. The van der Waals surface area contributed by atoms with Crippen LogP contribution in [0.15, 0.2) is 53.2 Å². The molecule has 0 fully saturated rings. The van der Waals surface area contributed by atoms with E-state index in [-0.39, 0.29) is 5.91 Å². The molecule has 1 N–H and O–H groups in total. The molecule has 0 aromatic heterocycles. The topological polar surface area (TPSA) is 59.9 Å². The van der Waals surface area contributed by atoms with Gasteiger partial charge in [0.1, 0.15) is 23.0 Å². The third kappa shape index (κ3) is 4.56. The summed E-state index contributed by atoms with van der Waals surface area (Å²) in [5.41, 5.74) is 3.62. The van der Waals surface area contributed by atoms with Gasteiger partial charge in [-0.15, -0.1) is 0 Å². The molecule has 0 saturated carbocycles. The maximum Gasteiger partial charge on any atom is 0.275 e. The van der Waals surface area contributed by atoms with Gasteiger partial charge in [-0.3, -0.25) is 4.79 Å². The number of carbonyl (C=O) groups excluding carboxylic acids is 1. The van der Waals surface area contributed by atoms with Crippen LogP contribution in [0.4, 0.5) is 0 Å². The van der Waals surface area contributed by atoms with Crippen LogP contribution < -0.4 is 14.8 Å². The number of hydrogen-bond donors (Lipinski definition) is 1. The second-order valence-electron chi connectivity index (χ2n) is 6.32. The highest BCUT2D eigenvalue weighted by Crippen LogP contribution is 2.23. The minimum Gasteiger partial charge on any atom is -0.497 e. The van der Waals surface area contributed by atoms with Gasteiger partial charge in [0.2, 0.25) is 0 Å². The lowest BCUT2D eigenvalue weighted by atomic mass is 10.1. The Balaban J connectivity index is 1.72. The van der Waals surface area contributed by atoms with E-state index in [2.05, 4.69) is 17.2 Å². The van der Waals surface area contributed by atoms with Gasteiger partial charge in [0.05, 0.1) is 14.2 Å². The van der Waals surface area contributed by atoms with E-state index in [1.807, 2.05) is 48.5 Å². The van der Waals surface area contributed by atoms with Crippen molar-refractivity contribution < 1.29 is 14.3 Å². The second kappa shape index (κ2) is 8.54. The number of amides is 1. The molecular formula is C22H24N2O3. The molecule has 0 radical (unpaired) electrons. The summed E-state index contributed by atoms with van der Waals surface area (Å²) in [6, 6.07) is 13.8. The van der Waals surface area contributed by atoms with Crippen molar-refractivity contribution in [3.8, 4) is 11.5 Å². The first-order chi connectivity index (χ1) is 13.1. The first-order valence-corrected chi connectivity index (χ1v) is 9.03. The first-order valence-electron chi connectivity index (χ1n) is 9.03. The molecule has 1 amide bonds. The molecule has 0 atom stereocenters. The molecule has 2 aromatic carbocycles. The van der Waals surface area contributed by atoms with E-state index in [4.69, 9.17) is 9.47 Å².